The van der Waals surface area contributed by atoms with Gasteiger partial charge in [-0.1, -0.05) is 26.8 Å². The zero-order valence-corrected chi connectivity index (χ0v) is 15.4. The second-order valence-corrected chi connectivity index (χ2v) is 7.28. The van der Waals surface area contributed by atoms with Gasteiger partial charge in [0.15, 0.2) is 0 Å². The highest BCUT2D eigenvalue weighted by molar-refractivity contribution is 5.51. The lowest BCUT2D eigenvalue weighted by atomic mass is 9.93. The smallest absolute Gasteiger partial charge is 0.244 e. The predicted octanol–water partition coefficient (Wildman–Crippen LogP) is 2.97. The summed E-state index contributed by atoms with van der Waals surface area (Å²) in [4.78, 5) is 14.0. The van der Waals surface area contributed by atoms with E-state index < -0.39 is 0 Å². The fraction of sp³-hybridized carbons (Fsp3) is 0.389. The van der Waals surface area contributed by atoms with E-state index in [0.29, 0.717) is 12.5 Å². The molecule has 2 aromatic heterocycles. The SMILES string of the molecule is CN(C)c1ncn(-c2cccc(NCc3ncc(C(C)(C)C)[nH]3)c2)n1. The number of nitrogens with one attached hydrogen (secondary N) is 2. The number of H-pyrrole nitrogens is 1. The van der Waals surface area contributed by atoms with Crippen LogP contribution < -0.4 is 10.2 Å². The minimum atomic E-state index is 0.0718. The second-order valence-electron chi connectivity index (χ2n) is 7.28. The van der Waals surface area contributed by atoms with E-state index in [4.69, 9.17) is 0 Å². The number of aromatic nitrogens is 5. The summed E-state index contributed by atoms with van der Waals surface area (Å²) in [6, 6.07) is 8.07. The van der Waals surface area contributed by atoms with Crippen LogP contribution in [0.25, 0.3) is 5.69 Å². The molecule has 0 saturated carbocycles. The van der Waals surface area contributed by atoms with Crippen molar-refractivity contribution in [3.05, 3.63) is 48.3 Å². The average Bonchev–Trinajstić information content (AvgIpc) is 3.22. The van der Waals surface area contributed by atoms with Crippen molar-refractivity contribution in [3.8, 4) is 5.69 Å². The summed E-state index contributed by atoms with van der Waals surface area (Å²) in [5.74, 6) is 1.61. The van der Waals surface area contributed by atoms with Crippen LogP contribution in [-0.2, 0) is 12.0 Å². The first-order valence-corrected chi connectivity index (χ1v) is 8.30. The van der Waals surface area contributed by atoms with Crippen LogP contribution in [0.1, 0.15) is 32.3 Å². The van der Waals surface area contributed by atoms with Gasteiger partial charge in [-0.15, -0.1) is 5.10 Å². The van der Waals surface area contributed by atoms with Crippen LogP contribution >= 0.6 is 0 Å². The molecule has 2 heterocycles. The van der Waals surface area contributed by atoms with Crippen LogP contribution in [-0.4, -0.2) is 38.8 Å². The zero-order valence-electron chi connectivity index (χ0n) is 15.4. The molecule has 7 heteroatoms. The van der Waals surface area contributed by atoms with Crippen LogP contribution in [0, 0.1) is 0 Å². The normalized spacial score (nSPS) is 11.6. The lowest BCUT2D eigenvalue weighted by Crippen LogP contribution is -2.12. The van der Waals surface area contributed by atoms with Crippen molar-refractivity contribution in [2.24, 2.45) is 0 Å². The van der Waals surface area contributed by atoms with E-state index in [1.165, 1.54) is 0 Å². The van der Waals surface area contributed by atoms with Crippen molar-refractivity contribution < 1.29 is 0 Å². The topological polar surface area (TPSA) is 74.7 Å². The highest BCUT2D eigenvalue weighted by atomic mass is 15.4. The molecular formula is C18H25N7. The number of rotatable bonds is 5. The van der Waals surface area contributed by atoms with Gasteiger partial charge in [-0.2, -0.15) is 4.98 Å². The lowest BCUT2D eigenvalue weighted by Gasteiger charge is -2.15. The molecule has 0 aliphatic carbocycles. The monoisotopic (exact) mass is 339 g/mol. The molecule has 0 spiro atoms. The Kier molecular flexibility index (Phi) is 4.48. The summed E-state index contributed by atoms with van der Waals surface area (Å²) in [6.07, 6.45) is 3.63. The molecule has 0 radical (unpaired) electrons. The Balaban J connectivity index is 1.70. The van der Waals surface area contributed by atoms with Gasteiger partial charge in [0.05, 0.1) is 12.2 Å². The van der Waals surface area contributed by atoms with Crippen LogP contribution in [0.3, 0.4) is 0 Å². The lowest BCUT2D eigenvalue weighted by molar-refractivity contribution is 0.571. The van der Waals surface area contributed by atoms with Gasteiger partial charge in [0.25, 0.3) is 0 Å². The summed E-state index contributed by atoms with van der Waals surface area (Å²) >= 11 is 0. The van der Waals surface area contributed by atoms with Gasteiger partial charge < -0.3 is 15.2 Å². The average molecular weight is 339 g/mol. The van der Waals surface area contributed by atoms with E-state index in [-0.39, 0.29) is 5.41 Å². The summed E-state index contributed by atoms with van der Waals surface area (Å²) < 4.78 is 1.77. The highest BCUT2D eigenvalue weighted by Gasteiger charge is 2.16. The second kappa shape index (κ2) is 6.58. The Labute approximate surface area is 148 Å². The number of imidazole rings is 1. The molecule has 0 atom stereocenters. The zero-order chi connectivity index (χ0) is 18.0. The van der Waals surface area contributed by atoms with Crippen molar-refractivity contribution in [3.63, 3.8) is 0 Å². The Bertz CT molecular complexity index is 839. The Morgan fingerprint density at radius 3 is 2.64 bits per heavy atom. The minimum absolute atomic E-state index is 0.0718. The van der Waals surface area contributed by atoms with Crippen LogP contribution in [0.4, 0.5) is 11.6 Å². The van der Waals surface area contributed by atoms with Crippen molar-refractivity contribution >= 4 is 11.6 Å². The largest absolute Gasteiger partial charge is 0.378 e. The molecule has 0 fully saturated rings. The molecule has 132 valence electrons. The third-order valence-corrected chi connectivity index (χ3v) is 3.89. The van der Waals surface area contributed by atoms with E-state index >= 15 is 0 Å². The number of anilines is 2. The maximum Gasteiger partial charge on any atom is 0.244 e. The number of hydrogen-bond acceptors (Lipinski definition) is 5. The maximum atomic E-state index is 4.45. The molecule has 0 unspecified atom stereocenters. The van der Waals surface area contributed by atoms with Crippen molar-refractivity contribution in [1.29, 1.82) is 0 Å². The Hall–Kier alpha value is -2.83. The molecule has 0 bridgehead atoms. The summed E-state index contributed by atoms with van der Waals surface area (Å²) in [6.45, 7) is 7.14. The quantitative estimate of drug-likeness (QED) is 0.747. The van der Waals surface area contributed by atoms with Gasteiger partial charge in [-0.3, -0.25) is 0 Å². The molecule has 1 aromatic carbocycles. The Morgan fingerprint density at radius 2 is 2.00 bits per heavy atom. The first kappa shape index (κ1) is 17.0. The molecule has 0 aliphatic heterocycles. The van der Waals surface area contributed by atoms with Gasteiger partial charge >= 0.3 is 0 Å². The van der Waals surface area contributed by atoms with Gasteiger partial charge in [0.2, 0.25) is 5.95 Å². The van der Waals surface area contributed by atoms with Crippen LogP contribution in [0.2, 0.25) is 0 Å². The van der Waals surface area contributed by atoms with Crippen LogP contribution in [0.5, 0.6) is 0 Å². The summed E-state index contributed by atoms with van der Waals surface area (Å²) in [5, 5.41) is 7.85. The van der Waals surface area contributed by atoms with E-state index in [9.17, 15) is 0 Å². The molecule has 3 rings (SSSR count). The van der Waals surface area contributed by atoms with E-state index in [1.807, 2.05) is 49.5 Å². The van der Waals surface area contributed by atoms with Crippen LogP contribution in [0.15, 0.2) is 36.8 Å². The molecule has 2 N–H and O–H groups in total. The van der Waals surface area contributed by atoms with E-state index in [2.05, 4.69) is 46.1 Å². The van der Waals surface area contributed by atoms with Gasteiger partial charge in [0, 0.05) is 37.1 Å². The predicted molar refractivity (Wildman–Crippen MR) is 100 cm³/mol. The first-order valence-electron chi connectivity index (χ1n) is 8.30. The summed E-state index contributed by atoms with van der Waals surface area (Å²) in [5.41, 5.74) is 3.17. The molecule has 0 saturated heterocycles. The fourth-order valence-electron chi connectivity index (χ4n) is 2.36. The number of hydrogen-bond donors (Lipinski definition) is 2. The van der Waals surface area contributed by atoms with Gasteiger partial charge in [-0.25, -0.2) is 9.67 Å². The minimum Gasteiger partial charge on any atom is -0.378 e. The number of nitrogens with zero attached hydrogens (tertiary/aromatic N) is 5. The third-order valence-electron chi connectivity index (χ3n) is 3.89. The first-order chi connectivity index (χ1) is 11.8. The van der Waals surface area contributed by atoms with Crippen molar-refractivity contribution in [2.75, 3.05) is 24.3 Å². The summed E-state index contributed by atoms with van der Waals surface area (Å²) in [7, 11) is 3.85. The van der Waals surface area contributed by atoms with Crippen molar-refractivity contribution in [1.82, 2.24) is 24.7 Å². The van der Waals surface area contributed by atoms with Gasteiger partial charge in [0.1, 0.15) is 12.2 Å². The molecule has 0 amide bonds. The van der Waals surface area contributed by atoms with Gasteiger partial charge in [-0.05, 0) is 18.2 Å². The molecule has 25 heavy (non-hydrogen) atoms. The standard InChI is InChI=1S/C18H25N7/c1-18(2,3)15-10-20-16(22-15)11-19-13-7-6-8-14(9-13)25-12-21-17(23-25)24(4)5/h6-10,12,19H,11H2,1-5H3,(H,20,22). The molecular weight excluding hydrogens is 314 g/mol. The maximum absolute atomic E-state index is 4.45. The third kappa shape index (κ3) is 3.99. The molecule has 0 aliphatic rings. The van der Waals surface area contributed by atoms with E-state index in [0.717, 1.165) is 22.9 Å². The molecule has 7 nitrogen and oxygen atoms in total. The number of aromatic amines is 1. The highest BCUT2D eigenvalue weighted by Crippen LogP contribution is 2.20. The Morgan fingerprint density at radius 1 is 1.20 bits per heavy atom. The van der Waals surface area contributed by atoms with E-state index in [1.54, 1.807) is 11.0 Å². The molecule has 3 aromatic rings. The number of benzene rings is 1. The fourth-order valence-corrected chi connectivity index (χ4v) is 2.36. The van der Waals surface area contributed by atoms with Crippen molar-refractivity contribution in [2.45, 2.75) is 32.7 Å².